The van der Waals surface area contributed by atoms with E-state index in [1.165, 1.54) is 4.68 Å². The molecule has 4 aromatic rings. The van der Waals surface area contributed by atoms with Gasteiger partial charge in [-0.2, -0.15) is 5.10 Å². The number of hydrogen-bond acceptors (Lipinski definition) is 8. The number of nitrogens with one attached hydrogen (secondary N) is 2. The molecule has 0 aliphatic rings. The molecule has 0 amide bonds. The summed E-state index contributed by atoms with van der Waals surface area (Å²) in [5, 5.41) is 41.7. The normalized spacial score (nSPS) is 12.0. The lowest BCUT2D eigenvalue weighted by Gasteiger charge is -2.13. The fourth-order valence-electron chi connectivity index (χ4n) is 2.58. The second-order valence-corrected chi connectivity index (χ2v) is 5.43. The molecule has 1 aromatic carbocycles. The van der Waals surface area contributed by atoms with Crippen molar-refractivity contribution < 1.29 is 20.1 Å². The molecule has 0 fully saturated rings. The summed E-state index contributed by atoms with van der Waals surface area (Å²) in [5.74, 6) is 0.470. The second kappa shape index (κ2) is 5.41. The van der Waals surface area contributed by atoms with Crippen LogP contribution in [-0.4, -0.2) is 46.4 Å². The lowest BCUT2D eigenvalue weighted by atomic mass is 10.2. The summed E-state index contributed by atoms with van der Waals surface area (Å²) in [5.41, 5.74) is 2.90. The zero-order valence-corrected chi connectivity index (χ0v) is 13.0. The minimum Gasteiger partial charge on any atom is -0.397 e. The first-order valence-electron chi connectivity index (χ1n) is 7.30. The van der Waals surface area contributed by atoms with E-state index in [1.54, 1.807) is 31.4 Å². The number of anilines is 2. The summed E-state index contributed by atoms with van der Waals surface area (Å²) in [6.07, 6.45) is -1.61. The number of aromatic amines is 1. The Labute approximate surface area is 140 Å². The highest BCUT2D eigenvalue weighted by molar-refractivity contribution is 5.91. The minimum atomic E-state index is -3.29. The smallest absolute Gasteiger partial charge is 0.397 e. The van der Waals surface area contributed by atoms with Crippen LogP contribution in [-0.2, 0) is 7.05 Å². The van der Waals surface area contributed by atoms with E-state index in [9.17, 15) is 0 Å². The third kappa shape index (κ3) is 2.85. The molecule has 0 unspecified atom stereocenters. The van der Waals surface area contributed by atoms with Gasteiger partial charge in [-0.1, -0.05) is 0 Å². The summed E-state index contributed by atoms with van der Waals surface area (Å²) >= 11 is 0. The van der Waals surface area contributed by atoms with E-state index in [4.69, 9.17) is 15.3 Å². The summed E-state index contributed by atoms with van der Waals surface area (Å²) in [6, 6.07) is 8.89. The first kappa shape index (κ1) is 15.3. The van der Waals surface area contributed by atoms with Crippen LogP contribution < -0.4 is 10.1 Å². The van der Waals surface area contributed by atoms with Crippen molar-refractivity contribution in [1.29, 1.82) is 0 Å². The van der Waals surface area contributed by atoms with E-state index < -0.39 is 6.16 Å². The fraction of sp³-hybridized carbons (Fsp3) is 0.133. The molecule has 0 saturated heterocycles. The highest BCUT2D eigenvalue weighted by Gasteiger charge is 2.24. The topological polar surface area (TPSA) is 141 Å². The average molecular weight is 342 g/mol. The quantitative estimate of drug-likeness (QED) is 0.339. The van der Waals surface area contributed by atoms with Crippen molar-refractivity contribution in [3.63, 3.8) is 0 Å². The Morgan fingerprint density at radius 2 is 2.08 bits per heavy atom. The molecule has 5 N–H and O–H groups in total. The van der Waals surface area contributed by atoms with E-state index in [-0.39, 0.29) is 5.88 Å². The van der Waals surface area contributed by atoms with Crippen LogP contribution in [0.25, 0.3) is 21.9 Å². The standard InChI is InChI=1S/C15H14N6O4/c1-21-11-7-8(4-5-9(11)14(20-21)25-15(22,23)24)17-13-12-10(18-19-13)3-2-6-16-12/h2-7,22-24H,1H3,(H2,17,18,19). The van der Waals surface area contributed by atoms with Crippen LogP contribution in [0.5, 0.6) is 5.88 Å². The van der Waals surface area contributed by atoms with Crippen molar-refractivity contribution in [2.75, 3.05) is 5.32 Å². The maximum Gasteiger partial charge on any atom is 0.454 e. The predicted molar refractivity (Wildman–Crippen MR) is 87.9 cm³/mol. The van der Waals surface area contributed by atoms with Gasteiger partial charge >= 0.3 is 6.16 Å². The molecule has 128 valence electrons. The third-order valence-corrected chi connectivity index (χ3v) is 3.63. The van der Waals surface area contributed by atoms with Gasteiger partial charge < -0.3 is 25.4 Å². The van der Waals surface area contributed by atoms with Gasteiger partial charge in [0.15, 0.2) is 5.82 Å². The number of nitrogens with zero attached hydrogens (tertiary/aromatic N) is 4. The molecule has 25 heavy (non-hydrogen) atoms. The van der Waals surface area contributed by atoms with Crippen molar-refractivity contribution in [3.05, 3.63) is 36.5 Å². The molecule has 3 aromatic heterocycles. The number of hydrogen-bond donors (Lipinski definition) is 5. The molecular weight excluding hydrogens is 328 g/mol. The number of ether oxygens (including phenoxy) is 1. The molecule has 10 nitrogen and oxygen atoms in total. The van der Waals surface area contributed by atoms with Crippen LogP contribution in [0.3, 0.4) is 0 Å². The van der Waals surface area contributed by atoms with Crippen molar-refractivity contribution in [3.8, 4) is 5.88 Å². The van der Waals surface area contributed by atoms with Gasteiger partial charge in [-0.15, -0.1) is 5.10 Å². The molecule has 0 radical (unpaired) electrons. The molecule has 0 bridgehead atoms. The number of aliphatic hydroxyl groups is 3. The van der Waals surface area contributed by atoms with Crippen molar-refractivity contribution in [2.45, 2.75) is 6.16 Å². The molecule has 0 atom stereocenters. The Hall–Kier alpha value is -3.21. The highest BCUT2D eigenvalue weighted by Crippen LogP contribution is 2.30. The second-order valence-electron chi connectivity index (χ2n) is 5.43. The summed E-state index contributed by atoms with van der Waals surface area (Å²) in [6.45, 7) is 0. The van der Waals surface area contributed by atoms with Gasteiger partial charge in [-0.25, -0.2) is 0 Å². The van der Waals surface area contributed by atoms with Gasteiger partial charge in [0, 0.05) is 18.9 Å². The summed E-state index contributed by atoms with van der Waals surface area (Å²) in [7, 11) is 1.66. The van der Waals surface area contributed by atoms with Gasteiger partial charge in [-0.3, -0.25) is 14.8 Å². The van der Waals surface area contributed by atoms with Gasteiger partial charge in [0.2, 0.25) is 5.88 Å². The summed E-state index contributed by atoms with van der Waals surface area (Å²) in [4.78, 5) is 4.28. The van der Waals surface area contributed by atoms with Crippen LogP contribution in [0.15, 0.2) is 36.5 Å². The molecule has 4 rings (SSSR count). The molecule has 10 heteroatoms. The average Bonchev–Trinajstić information content (AvgIpc) is 3.08. The Morgan fingerprint density at radius 1 is 1.24 bits per heavy atom. The Kier molecular flexibility index (Phi) is 3.32. The predicted octanol–water partition coefficient (Wildman–Crippen LogP) is 0.555. The summed E-state index contributed by atoms with van der Waals surface area (Å²) < 4.78 is 6.11. The first-order valence-corrected chi connectivity index (χ1v) is 7.30. The molecule has 0 aliphatic carbocycles. The SMILES string of the molecule is Cn1nc(OC(O)(O)O)c2ccc(Nc3n[nH]c4cccnc34)cc21. The first-order chi connectivity index (χ1) is 11.9. The van der Waals surface area contributed by atoms with Gasteiger partial charge in [-0.05, 0) is 30.3 Å². The van der Waals surface area contributed by atoms with Gasteiger partial charge in [0.25, 0.3) is 0 Å². The van der Waals surface area contributed by atoms with E-state index in [1.807, 2.05) is 12.1 Å². The molecule has 3 heterocycles. The van der Waals surface area contributed by atoms with Crippen molar-refractivity contribution in [2.24, 2.45) is 7.05 Å². The van der Waals surface area contributed by atoms with E-state index in [0.29, 0.717) is 22.2 Å². The van der Waals surface area contributed by atoms with Gasteiger partial charge in [0.05, 0.1) is 16.4 Å². The Bertz CT molecular complexity index is 1060. The third-order valence-electron chi connectivity index (χ3n) is 3.63. The van der Waals surface area contributed by atoms with Crippen molar-refractivity contribution >= 4 is 33.4 Å². The molecular formula is C15H14N6O4. The van der Waals surface area contributed by atoms with Crippen molar-refractivity contribution in [1.82, 2.24) is 25.0 Å². The molecule has 0 aliphatic heterocycles. The van der Waals surface area contributed by atoms with Crippen LogP contribution in [0.4, 0.5) is 11.5 Å². The van der Waals surface area contributed by atoms with E-state index >= 15 is 0 Å². The lowest BCUT2D eigenvalue weighted by molar-refractivity contribution is -0.420. The maximum atomic E-state index is 8.97. The molecule has 0 spiro atoms. The number of fused-ring (bicyclic) bond motifs is 2. The van der Waals surface area contributed by atoms with E-state index in [2.05, 4.69) is 30.3 Å². The Morgan fingerprint density at radius 3 is 2.88 bits per heavy atom. The zero-order valence-electron chi connectivity index (χ0n) is 13.0. The largest absolute Gasteiger partial charge is 0.454 e. The van der Waals surface area contributed by atoms with Crippen LogP contribution in [0.1, 0.15) is 0 Å². The van der Waals surface area contributed by atoms with Gasteiger partial charge in [0.1, 0.15) is 5.52 Å². The van der Waals surface area contributed by atoms with E-state index in [0.717, 1.165) is 11.2 Å². The number of aromatic nitrogens is 5. The number of aryl methyl sites for hydroxylation is 1. The number of rotatable bonds is 4. The fourth-order valence-corrected chi connectivity index (χ4v) is 2.58. The van der Waals surface area contributed by atoms with Crippen LogP contribution in [0.2, 0.25) is 0 Å². The highest BCUT2D eigenvalue weighted by atomic mass is 16.9. The molecule has 0 saturated carbocycles. The van der Waals surface area contributed by atoms with Crippen LogP contribution in [0, 0.1) is 0 Å². The number of benzene rings is 1. The monoisotopic (exact) mass is 342 g/mol. The minimum absolute atomic E-state index is 0.108. The lowest BCUT2D eigenvalue weighted by Crippen LogP contribution is -2.34. The number of H-pyrrole nitrogens is 1. The Balaban J connectivity index is 1.71. The number of pyridine rings is 1. The maximum absolute atomic E-state index is 8.97. The van der Waals surface area contributed by atoms with Crippen LogP contribution >= 0.6 is 0 Å². The zero-order chi connectivity index (χ0) is 17.6.